The quantitative estimate of drug-likeness (QED) is 0.730. The van der Waals surface area contributed by atoms with Gasteiger partial charge in [0.05, 0.1) is 23.7 Å². The van der Waals surface area contributed by atoms with Crippen LogP contribution in [0.25, 0.3) is 0 Å². The molecule has 0 fully saturated rings. The van der Waals surface area contributed by atoms with Crippen LogP contribution in [0.5, 0.6) is 0 Å². The van der Waals surface area contributed by atoms with Crippen LogP contribution in [0.2, 0.25) is 5.02 Å². The molecule has 16 heavy (non-hydrogen) atoms. The summed E-state index contributed by atoms with van der Waals surface area (Å²) in [5.74, 6) is 0.476. The lowest BCUT2D eigenvalue weighted by Gasteiger charge is -2.04. The van der Waals surface area contributed by atoms with Crippen molar-refractivity contribution >= 4 is 27.6 Å². The van der Waals surface area contributed by atoms with Gasteiger partial charge in [-0.3, -0.25) is 0 Å². The molecule has 0 amide bonds. The van der Waals surface area contributed by atoms with Crippen molar-refractivity contribution in [1.82, 2.24) is 14.7 Å². The number of nitrogens with zero attached hydrogens (tertiary/aromatic N) is 2. The van der Waals surface area contributed by atoms with E-state index in [9.17, 15) is 8.42 Å². The maximum Gasteiger partial charge on any atom is 0.222 e. The highest BCUT2D eigenvalue weighted by molar-refractivity contribution is 7.88. The fraction of sp³-hybridized carbons (Fsp3) is 0.500. The Balaban J connectivity index is 2.19. The van der Waals surface area contributed by atoms with Crippen LogP contribution in [0.4, 0.5) is 5.95 Å². The van der Waals surface area contributed by atoms with Gasteiger partial charge in [0.2, 0.25) is 16.0 Å². The van der Waals surface area contributed by atoms with Gasteiger partial charge in [-0.25, -0.2) is 23.1 Å². The molecule has 0 radical (unpaired) electrons. The molecule has 0 saturated heterocycles. The zero-order chi connectivity index (χ0) is 12.0. The van der Waals surface area contributed by atoms with Crippen LogP contribution in [-0.4, -0.2) is 37.7 Å². The second kappa shape index (κ2) is 5.97. The maximum absolute atomic E-state index is 10.7. The number of anilines is 1. The summed E-state index contributed by atoms with van der Waals surface area (Å²) in [6.45, 7) is 0.976. The SMILES string of the molecule is CS(=O)(=O)NCCCNc1ncc(Cl)cn1. The molecule has 1 heterocycles. The lowest BCUT2D eigenvalue weighted by molar-refractivity contribution is 0.586. The summed E-state index contributed by atoms with van der Waals surface area (Å²) < 4.78 is 23.8. The number of nitrogens with one attached hydrogen (secondary N) is 2. The Bertz CT molecular complexity index is 420. The molecule has 0 unspecified atom stereocenters. The van der Waals surface area contributed by atoms with Crippen molar-refractivity contribution in [1.29, 1.82) is 0 Å². The molecule has 0 aliphatic rings. The van der Waals surface area contributed by atoms with Crippen LogP contribution in [0, 0.1) is 0 Å². The smallest absolute Gasteiger partial charge is 0.222 e. The molecule has 6 nitrogen and oxygen atoms in total. The topological polar surface area (TPSA) is 84.0 Å². The molecule has 0 atom stereocenters. The van der Waals surface area contributed by atoms with Gasteiger partial charge in [-0.1, -0.05) is 11.6 Å². The van der Waals surface area contributed by atoms with Crippen LogP contribution in [-0.2, 0) is 10.0 Å². The molecule has 2 N–H and O–H groups in total. The van der Waals surface area contributed by atoms with Crippen molar-refractivity contribution in [2.45, 2.75) is 6.42 Å². The Kier molecular flexibility index (Phi) is 4.91. The first-order chi connectivity index (χ1) is 7.47. The Morgan fingerprint density at radius 1 is 1.31 bits per heavy atom. The summed E-state index contributed by atoms with van der Waals surface area (Å²) in [7, 11) is -3.10. The number of aromatic nitrogens is 2. The van der Waals surface area contributed by atoms with Gasteiger partial charge in [-0.15, -0.1) is 0 Å². The van der Waals surface area contributed by atoms with Crippen LogP contribution in [0.15, 0.2) is 12.4 Å². The lowest BCUT2D eigenvalue weighted by atomic mass is 10.4. The number of sulfonamides is 1. The minimum Gasteiger partial charge on any atom is -0.354 e. The molecule has 0 spiro atoms. The van der Waals surface area contributed by atoms with Crippen molar-refractivity contribution in [2.24, 2.45) is 0 Å². The van der Waals surface area contributed by atoms with E-state index in [1.54, 1.807) is 0 Å². The van der Waals surface area contributed by atoms with Crippen molar-refractivity contribution in [3.63, 3.8) is 0 Å². The van der Waals surface area contributed by atoms with Gasteiger partial charge in [-0.2, -0.15) is 0 Å². The predicted octanol–water partition coefficient (Wildman–Crippen LogP) is 0.481. The van der Waals surface area contributed by atoms with E-state index in [0.717, 1.165) is 6.26 Å². The lowest BCUT2D eigenvalue weighted by Crippen LogP contribution is -2.24. The molecule has 1 rings (SSSR count). The largest absolute Gasteiger partial charge is 0.354 e. The molecule has 0 aliphatic heterocycles. The van der Waals surface area contributed by atoms with Crippen LogP contribution < -0.4 is 10.0 Å². The van der Waals surface area contributed by atoms with Crippen LogP contribution >= 0.6 is 11.6 Å². The van der Waals surface area contributed by atoms with Crippen molar-refractivity contribution in [3.8, 4) is 0 Å². The van der Waals surface area contributed by atoms with Crippen LogP contribution in [0.1, 0.15) is 6.42 Å². The van der Waals surface area contributed by atoms with Crippen molar-refractivity contribution in [3.05, 3.63) is 17.4 Å². The van der Waals surface area contributed by atoms with Gasteiger partial charge in [-0.05, 0) is 6.42 Å². The van der Waals surface area contributed by atoms with Crippen LogP contribution in [0.3, 0.4) is 0 Å². The average molecular weight is 265 g/mol. The van der Waals surface area contributed by atoms with E-state index >= 15 is 0 Å². The number of halogens is 1. The summed E-state index contributed by atoms with van der Waals surface area (Å²) >= 11 is 5.62. The van der Waals surface area contributed by atoms with E-state index in [2.05, 4.69) is 20.0 Å². The summed E-state index contributed by atoms with van der Waals surface area (Å²) in [6, 6.07) is 0. The van der Waals surface area contributed by atoms with E-state index in [4.69, 9.17) is 11.6 Å². The molecule has 0 aliphatic carbocycles. The second-order valence-electron chi connectivity index (χ2n) is 3.17. The molecule has 1 aromatic heterocycles. The molecule has 0 bridgehead atoms. The fourth-order valence-electron chi connectivity index (χ4n) is 0.950. The van der Waals surface area contributed by atoms with E-state index in [0.29, 0.717) is 30.5 Å². The third-order valence-corrected chi connectivity index (χ3v) is 2.54. The second-order valence-corrected chi connectivity index (χ2v) is 5.44. The van der Waals surface area contributed by atoms with Crippen molar-refractivity contribution < 1.29 is 8.42 Å². The minimum atomic E-state index is -3.10. The monoisotopic (exact) mass is 264 g/mol. The number of hydrogen-bond acceptors (Lipinski definition) is 5. The zero-order valence-electron chi connectivity index (χ0n) is 8.77. The zero-order valence-corrected chi connectivity index (χ0v) is 10.3. The fourth-order valence-corrected chi connectivity index (χ4v) is 1.56. The summed E-state index contributed by atoms with van der Waals surface area (Å²) in [5.41, 5.74) is 0. The van der Waals surface area contributed by atoms with Gasteiger partial charge in [0, 0.05) is 13.1 Å². The number of rotatable bonds is 6. The Morgan fingerprint density at radius 3 is 2.50 bits per heavy atom. The maximum atomic E-state index is 10.7. The summed E-state index contributed by atoms with van der Waals surface area (Å²) in [4.78, 5) is 7.86. The predicted molar refractivity (Wildman–Crippen MR) is 63.0 cm³/mol. The standard InChI is InChI=1S/C8H13ClN4O2S/c1-16(14,15)13-4-2-3-10-8-11-5-7(9)6-12-8/h5-6,13H,2-4H2,1H3,(H,10,11,12). The first kappa shape index (κ1) is 13.1. The van der Waals surface area contributed by atoms with E-state index in [1.165, 1.54) is 12.4 Å². The Labute approximate surface area is 99.5 Å². The first-order valence-corrected chi connectivity index (χ1v) is 6.90. The van der Waals surface area contributed by atoms with E-state index in [1.807, 2.05) is 0 Å². The molecule has 8 heteroatoms. The Hall–Kier alpha value is -0.920. The Morgan fingerprint density at radius 2 is 1.94 bits per heavy atom. The normalized spacial score (nSPS) is 11.4. The minimum absolute atomic E-state index is 0.388. The number of hydrogen-bond donors (Lipinski definition) is 2. The van der Waals surface area contributed by atoms with Gasteiger partial charge in [0.25, 0.3) is 0 Å². The van der Waals surface area contributed by atoms with Gasteiger partial charge in [0.15, 0.2) is 0 Å². The van der Waals surface area contributed by atoms with Gasteiger partial charge >= 0.3 is 0 Å². The molecular weight excluding hydrogens is 252 g/mol. The molecule has 0 saturated carbocycles. The highest BCUT2D eigenvalue weighted by Crippen LogP contribution is 2.05. The van der Waals surface area contributed by atoms with Gasteiger partial charge < -0.3 is 5.32 Å². The summed E-state index contributed by atoms with van der Waals surface area (Å²) in [6.07, 6.45) is 4.76. The van der Waals surface area contributed by atoms with Gasteiger partial charge in [0.1, 0.15) is 0 Å². The molecule has 0 aromatic carbocycles. The van der Waals surface area contributed by atoms with Crippen molar-refractivity contribution in [2.75, 3.05) is 24.7 Å². The molecule has 90 valence electrons. The van der Waals surface area contributed by atoms with E-state index in [-0.39, 0.29) is 0 Å². The third kappa shape index (κ3) is 5.84. The molecule has 1 aromatic rings. The summed E-state index contributed by atoms with van der Waals surface area (Å²) in [5, 5.41) is 3.42. The first-order valence-electron chi connectivity index (χ1n) is 4.63. The third-order valence-electron chi connectivity index (χ3n) is 1.62. The highest BCUT2D eigenvalue weighted by atomic mass is 35.5. The van der Waals surface area contributed by atoms with E-state index < -0.39 is 10.0 Å². The molecular formula is C8H13ClN4O2S. The average Bonchev–Trinajstić information content (AvgIpc) is 2.19. The highest BCUT2D eigenvalue weighted by Gasteiger charge is 1.99.